The van der Waals surface area contributed by atoms with Crippen LogP contribution in [-0.4, -0.2) is 23.1 Å². The van der Waals surface area contributed by atoms with Crippen LogP contribution in [-0.2, 0) is 6.42 Å². The molecule has 1 aliphatic heterocycles. The van der Waals surface area contributed by atoms with Crippen LogP contribution in [0, 0.1) is 5.82 Å². The highest BCUT2D eigenvalue weighted by molar-refractivity contribution is 5.34. The summed E-state index contributed by atoms with van der Waals surface area (Å²) in [6.07, 6.45) is 3.38. The Morgan fingerprint density at radius 1 is 1.26 bits per heavy atom. The summed E-state index contributed by atoms with van der Waals surface area (Å²) in [5, 5.41) is 6.60. The molecule has 5 heteroatoms. The van der Waals surface area contributed by atoms with Crippen molar-refractivity contribution in [3.05, 3.63) is 53.6 Å². The number of anilines is 1. The van der Waals surface area contributed by atoms with E-state index >= 15 is 0 Å². The average Bonchev–Trinajstić information content (AvgIpc) is 2.47. The summed E-state index contributed by atoms with van der Waals surface area (Å²) in [5.74, 6) is 0.0259. The summed E-state index contributed by atoms with van der Waals surface area (Å²) in [7, 11) is 0. The molecule has 0 spiro atoms. The summed E-state index contributed by atoms with van der Waals surface area (Å²) in [6.45, 7) is 1.65. The van der Waals surface area contributed by atoms with Crippen LogP contribution in [0.15, 0.2) is 36.7 Å². The van der Waals surface area contributed by atoms with E-state index < -0.39 is 5.82 Å². The van der Waals surface area contributed by atoms with Gasteiger partial charge in [-0.1, -0.05) is 24.3 Å². The number of hydrogen-bond donors (Lipinski definition) is 2. The molecule has 4 nitrogen and oxygen atoms in total. The second-order valence-electron chi connectivity index (χ2n) is 4.56. The normalized spacial score (nSPS) is 17.8. The van der Waals surface area contributed by atoms with E-state index in [4.69, 9.17) is 0 Å². The smallest absolute Gasteiger partial charge is 0.222 e. The summed E-state index contributed by atoms with van der Waals surface area (Å²) in [6, 6.07) is 8.65. The maximum atomic E-state index is 12.7. The van der Waals surface area contributed by atoms with Crippen molar-refractivity contribution in [2.24, 2.45) is 0 Å². The van der Waals surface area contributed by atoms with Gasteiger partial charge in [-0.05, 0) is 24.1 Å². The Balaban J connectivity index is 1.69. The predicted molar refractivity (Wildman–Crippen MR) is 71.4 cm³/mol. The first-order valence-electron chi connectivity index (χ1n) is 6.35. The lowest BCUT2D eigenvalue weighted by Crippen LogP contribution is -2.34. The zero-order chi connectivity index (χ0) is 13.1. The standard InChI is InChI=1S/C14H15FN4/c15-11-7-17-14(18-8-11)19-9-13-12-4-2-1-3-10(12)5-6-16-13/h1-4,7-8,13,16H,5-6,9H2,(H,17,18,19). The van der Waals surface area contributed by atoms with Crippen LogP contribution >= 0.6 is 0 Å². The first-order chi connectivity index (χ1) is 9.33. The van der Waals surface area contributed by atoms with E-state index in [2.05, 4.69) is 38.8 Å². The van der Waals surface area contributed by atoms with Gasteiger partial charge in [0.1, 0.15) is 0 Å². The largest absolute Gasteiger partial charge is 0.352 e. The lowest BCUT2D eigenvalue weighted by Gasteiger charge is -2.27. The number of aromatic nitrogens is 2. The molecule has 3 rings (SSSR count). The van der Waals surface area contributed by atoms with Gasteiger partial charge in [-0.3, -0.25) is 0 Å². The van der Waals surface area contributed by atoms with Gasteiger partial charge in [-0.15, -0.1) is 0 Å². The summed E-state index contributed by atoms with van der Waals surface area (Å²) in [5.41, 5.74) is 2.69. The molecule has 1 unspecified atom stereocenters. The third-order valence-electron chi connectivity index (χ3n) is 3.30. The van der Waals surface area contributed by atoms with Crippen molar-refractivity contribution in [2.45, 2.75) is 12.5 Å². The molecule has 1 aromatic carbocycles. The Hall–Kier alpha value is -2.01. The minimum Gasteiger partial charge on any atom is -0.352 e. The van der Waals surface area contributed by atoms with Crippen molar-refractivity contribution < 1.29 is 4.39 Å². The second-order valence-corrected chi connectivity index (χ2v) is 4.56. The predicted octanol–water partition coefficient (Wildman–Crippen LogP) is 1.91. The first kappa shape index (κ1) is 12.0. The Morgan fingerprint density at radius 2 is 2.05 bits per heavy atom. The molecule has 0 fully saturated rings. The van der Waals surface area contributed by atoms with Gasteiger partial charge in [0.2, 0.25) is 5.95 Å². The number of nitrogens with zero attached hydrogens (tertiary/aromatic N) is 2. The minimum atomic E-state index is -0.424. The van der Waals surface area contributed by atoms with Crippen LogP contribution in [0.25, 0.3) is 0 Å². The van der Waals surface area contributed by atoms with Crippen molar-refractivity contribution >= 4 is 5.95 Å². The van der Waals surface area contributed by atoms with Crippen LogP contribution < -0.4 is 10.6 Å². The minimum absolute atomic E-state index is 0.235. The molecule has 0 saturated carbocycles. The average molecular weight is 258 g/mol. The van der Waals surface area contributed by atoms with E-state index in [9.17, 15) is 4.39 Å². The number of nitrogens with one attached hydrogen (secondary N) is 2. The molecule has 2 N–H and O–H groups in total. The Kier molecular flexibility index (Phi) is 3.37. The molecule has 0 bridgehead atoms. The topological polar surface area (TPSA) is 49.8 Å². The van der Waals surface area contributed by atoms with Crippen molar-refractivity contribution in [1.29, 1.82) is 0 Å². The Labute approximate surface area is 111 Å². The van der Waals surface area contributed by atoms with Gasteiger partial charge in [0, 0.05) is 12.6 Å². The highest BCUT2D eigenvalue weighted by atomic mass is 19.1. The molecule has 2 aromatic rings. The van der Waals surface area contributed by atoms with Gasteiger partial charge in [-0.25, -0.2) is 14.4 Å². The van der Waals surface area contributed by atoms with E-state index in [1.807, 2.05) is 6.07 Å². The summed E-state index contributed by atoms with van der Waals surface area (Å²) < 4.78 is 12.7. The molecule has 1 aromatic heterocycles. The van der Waals surface area contributed by atoms with Gasteiger partial charge >= 0.3 is 0 Å². The van der Waals surface area contributed by atoms with E-state index in [1.54, 1.807) is 0 Å². The molecule has 19 heavy (non-hydrogen) atoms. The van der Waals surface area contributed by atoms with Crippen LogP contribution in [0.1, 0.15) is 17.2 Å². The summed E-state index contributed by atoms with van der Waals surface area (Å²) in [4.78, 5) is 7.79. The molecule has 1 aliphatic rings. The molecule has 0 saturated heterocycles. The monoisotopic (exact) mass is 258 g/mol. The number of fused-ring (bicyclic) bond motifs is 1. The molecular weight excluding hydrogens is 243 g/mol. The van der Waals surface area contributed by atoms with Gasteiger partial charge < -0.3 is 10.6 Å². The maximum absolute atomic E-state index is 12.7. The Morgan fingerprint density at radius 3 is 2.89 bits per heavy atom. The van der Waals surface area contributed by atoms with E-state index in [-0.39, 0.29) is 6.04 Å². The SMILES string of the molecule is Fc1cnc(NCC2NCCc3ccccc32)nc1. The van der Waals surface area contributed by atoms with Crippen LogP contribution in [0.4, 0.5) is 10.3 Å². The van der Waals surface area contributed by atoms with Crippen LogP contribution in [0.3, 0.4) is 0 Å². The number of rotatable bonds is 3. The molecule has 1 atom stereocenters. The van der Waals surface area contributed by atoms with Crippen molar-refractivity contribution in [2.75, 3.05) is 18.4 Å². The van der Waals surface area contributed by atoms with Gasteiger partial charge in [-0.2, -0.15) is 0 Å². The highest BCUT2D eigenvalue weighted by Gasteiger charge is 2.18. The quantitative estimate of drug-likeness (QED) is 0.883. The van der Waals surface area contributed by atoms with Crippen molar-refractivity contribution in [1.82, 2.24) is 15.3 Å². The van der Waals surface area contributed by atoms with Gasteiger partial charge in [0.25, 0.3) is 0 Å². The fourth-order valence-electron chi connectivity index (χ4n) is 2.37. The number of hydrogen-bond acceptors (Lipinski definition) is 4. The molecule has 0 aliphatic carbocycles. The zero-order valence-corrected chi connectivity index (χ0v) is 10.4. The van der Waals surface area contributed by atoms with E-state index in [0.29, 0.717) is 12.5 Å². The first-order valence-corrected chi connectivity index (χ1v) is 6.35. The number of benzene rings is 1. The fourth-order valence-corrected chi connectivity index (χ4v) is 2.37. The van der Waals surface area contributed by atoms with Crippen molar-refractivity contribution in [3.63, 3.8) is 0 Å². The van der Waals surface area contributed by atoms with Gasteiger partial charge in [0.15, 0.2) is 5.82 Å². The highest BCUT2D eigenvalue weighted by Crippen LogP contribution is 2.22. The third kappa shape index (κ3) is 2.71. The van der Waals surface area contributed by atoms with E-state index in [1.165, 1.54) is 11.1 Å². The molecule has 0 amide bonds. The molecule has 0 radical (unpaired) electrons. The van der Waals surface area contributed by atoms with E-state index in [0.717, 1.165) is 25.4 Å². The Bertz CT molecular complexity index is 556. The van der Waals surface area contributed by atoms with Crippen molar-refractivity contribution in [3.8, 4) is 0 Å². The molecular formula is C14H15FN4. The van der Waals surface area contributed by atoms with Crippen LogP contribution in [0.2, 0.25) is 0 Å². The lowest BCUT2D eigenvalue weighted by molar-refractivity contribution is 0.522. The lowest BCUT2D eigenvalue weighted by atomic mass is 9.94. The van der Waals surface area contributed by atoms with Gasteiger partial charge in [0.05, 0.1) is 12.4 Å². The molecule has 98 valence electrons. The zero-order valence-electron chi connectivity index (χ0n) is 10.4. The maximum Gasteiger partial charge on any atom is 0.222 e. The fraction of sp³-hybridized carbons (Fsp3) is 0.286. The second kappa shape index (κ2) is 5.32. The summed E-state index contributed by atoms with van der Waals surface area (Å²) >= 11 is 0. The van der Waals surface area contributed by atoms with Crippen LogP contribution in [0.5, 0.6) is 0 Å². The third-order valence-corrected chi connectivity index (χ3v) is 3.30. The number of halogens is 1. The molecule has 2 heterocycles.